The number of methoxy groups -OCH3 is 1. The second-order valence-electron chi connectivity index (χ2n) is 6.14. The van der Waals surface area contributed by atoms with Crippen LogP contribution in [0.2, 0.25) is 0 Å². The van der Waals surface area contributed by atoms with Crippen molar-refractivity contribution in [2.75, 3.05) is 20.7 Å². The number of benzene rings is 2. The van der Waals surface area contributed by atoms with Gasteiger partial charge in [-0.2, -0.15) is 0 Å². The van der Waals surface area contributed by atoms with Crippen LogP contribution in [0.3, 0.4) is 0 Å². The van der Waals surface area contributed by atoms with Crippen LogP contribution in [0.4, 0.5) is 0 Å². The summed E-state index contributed by atoms with van der Waals surface area (Å²) in [7, 11) is 3.88. The molecule has 0 radical (unpaired) electrons. The Bertz CT molecular complexity index is 723. The molecule has 3 heteroatoms. The summed E-state index contributed by atoms with van der Waals surface area (Å²) in [6.45, 7) is 1.13. The molecule has 0 aromatic heterocycles. The number of likely N-dealkylation sites (N-methyl/N-ethyl adjacent to an activating group) is 1. The molecule has 0 amide bonds. The molecular weight excluding hydrogens is 262 g/mol. The SMILES string of the molecule is COc1cc2c3c(c1O)-c1ccccc1C[C@@H]3[NH+](C)CC2. The van der Waals surface area contributed by atoms with E-state index >= 15 is 0 Å². The maximum absolute atomic E-state index is 10.7. The van der Waals surface area contributed by atoms with E-state index in [1.165, 1.54) is 21.6 Å². The van der Waals surface area contributed by atoms with Crippen molar-refractivity contribution in [3.63, 3.8) is 0 Å². The van der Waals surface area contributed by atoms with Crippen LogP contribution in [0.25, 0.3) is 11.1 Å². The number of aromatic hydroxyl groups is 1. The van der Waals surface area contributed by atoms with E-state index in [4.69, 9.17) is 4.74 Å². The minimum absolute atomic E-state index is 0.295. The van der Waals surface area contributed by atoms with Gasteiger partial charge >= 0.3 is 0 Å². The summed E-state index contributed by atoms with van der Waals surface area (Å²) < 4.78 is 5.40. The van der Waals surface area contributed by atoms with Crippen molar-refractivity contribution in [2.45, 2.75) is 18.9 Å². The van der Waals surface area contributed by atoms with Gasteiger partial charge in [-0.15, -0.1) is 0 Å². The number of nitrogens with one attached hydrogen (secondary N) is 1. The van der Waals surface area contributed by atoms with Gasteiger partial charge in [0, 0.05) is 24.0 Å². The number of hydrogen-bond acceptors (Lipinski definition) is 2. The van der Waals surface area contributed by atoms with E-state index < -0.39 is 0 Å². The number of phenolic OH excluding ortho intramolecular Hbond substituents is 1. The first-order valence-electron chi connectivity index (χ1n) is 7.54. The van der Waals surface area contributed by atoms with Gasteiger partial charge < -0.3 is 14.7 Å². The zero-order valence-electron chi connectivity index (χ0n) is 12.4. The molecule has 1 aliphatic carbocycles. The van der Waals surface area contributed by atoms with Crippen molar-refractivity contribution in [1.29, 1.82) is 0 Å². The fraction of sp³-hybridized carbons (Fsp3) is 0.333. The molecule has 2 aromatic rings. The number of ether oxygens (including phenoxy) is 1. The van der Waals surface area contributed by atoms with E-state index in [0.717, 1.165) is 30.5 Å². The molecule has 2 atom stereocenters. The van der Waals surface area contributed by atoms with E-state index in [2.05, 4.69) is 25.2 Å². The van der Waals surface area contributed by atoms with E-state index in [-0.39, 0.29) is 0 Å². The van der Waals surface area contributed by atoms with Crippen molar-refractivity contribution in [1.82, 2.24) is 0 Å². The Morgan fingerprint density at radius 2 is 2.05 bits per heavy atom. The monoisotopic (exact) mass is 282 g/mol. The van der Waals surface area contributed by atoms with Crippen molar-refractivity contribution in [3.8, 4) is 22.6 Å². The van der Waals surface area contributed by atoms with Crippen molar-refractivity contribution in [2.24, 2.45) is 0 Å². The lowest BCUT2D eigenvalue weighted by molar-refractivity contribution is -0.914. The van der Waals surface area contributed by atoms with Gasteiger partial charge in [0.2, 0.25) is 0 Å². The normalized spacial score (nSPS) is 22.4. The molecule has 2 aliphatic rings. The summed E-state index contributed by atoms with van der Waals surface area (Å²) in [5.41, 5.74) is 6.15. The molecular formula is C18H20NO2+. The molecule has 0 spiro atoms. The van der Waals surface area contributed by atoms with Gasteiger partial charge in [-0.05, 0) is 22.8 Å². The third kappa shape index (κ3) is 1.70. The van der Waals surface area contributed by atoms with E-state index in [0.29, 0.717) is 17.5 Å². The lowest BCUT2D eigenvalue weighted by atomic mass is 9.76. The van der Waals surface area contributed by atoms with Crippen LogP contribution in [0, 0.1) is 0 Å². The standard InChI is InChI=1S/C18H19NO2/c1-19-8-7-12-10-15(21-2)18(20)17-13-6-4-3-5-11(13)9-14(19)16(12)17/h3-6,10,14,20H,7-9H2,1-2H3/p+1/t14-/m0/s1. The summed E-state index contributed by atoms with van der Waals surface area (Å²) in [6.07, 6.45) is 2.09. The number of rotatable bonds is 1. The lowest BCUT2D eigenvalue weighted by Gasteiger charge is -2.37. The molecule has 4 rings (SSSR count). The first kappa shape index (κ1) is 12.7. The highest BCUT2D eigenvalue weighted by Gasteiger charge is 2.38. The highest BCUT2D eigenvalue weighted by molar-refractivity contribution is 5.82. The maximum Gasteiger partial charge on any atom is 0.166 e. The molecule has 3 nitrogen and oxygen atoms in total. The summed E-state index contributed by atoms with van der Waals surface area (Å²) in [4.78, 5) is 1.53. The Balaban J connectivity index is 2.08. The second kappa shape index (κ2) is 4.50. The molecule has 0 saturated heterocycles. The zero-order valence-corrected chi connectivity index (χ0v) is 12.4. The molecule has 1 aliphatic heterocycles. The Morgan fingerprint density at radius 1 is 1.24 bits per heavy atom. The van der Waals surface area contributed by atoms with Crippen LogP contribution in [-0.4, -0.2) is 25.8 Å². The van der Waals surface area contributed by atoms with Gasteiger partial charge in [0.1, 0.15) is 6.04 Å². The highest BCUT2D eigenvalue weighted by Crippen LogP contribution is 2.48. The third-order valence-electron chi connectivity index (χ3n) is 5.05. The Labute approximate surface area is 124 Å². The fourth-order valence-electron chi connectivity index (χ4n) is 3.94. The maximum atomic E-state index is 10.7. The van der Waals surface area contributed by atoms with Crippen LogP contribution < -0.4 is 9.64 Å². The van der Waals surface area contributed by atoms with Gasteiger partial charge in [-0.3, -0.25) is 0 Å². The average molecular weight is 282 g/mol. The summed E-state index contributed by atoms with van der Waals surface area (Å²) in [6, 6.07) is 10.9. The third-order valence-corrected chi connectivity index (χ3v) is 5.05. The molecule has 0 saturated carbocycles. The lowest BCUT2D eigenvalue weighted by Crippen LogP contribution is -3.10. The quantitative estimate of drug-likeness (QED) is 0.835. The number of phenols is 1. The predicted molar refractivity (Wildman–Crippen MR) is 82.0 cm³/mol. The fourth-order valence-corrected chi connectivity index (χ4v) is 3.94. The largest absolute Gasteiger partial charge is 0.504 e. The highest BCUT2D eigenvalue weighted by atomic mass is 16.5. The van der Waals surface area contributed by atoms with E-state index in [9.17, 15) is 5.11 Å². The molecule has 21 heavy (non-hydrogen) atoms. The first-order valence-corrected chi connectivity index (χ1v) is 7.54. The summed E-state index contributed by atoms with van der Waals surface area (Å²) >= 11 is 0. The van der Waals surface area contributed by atoms with Gasteiger partial charge in [-0.25, -0.2) is 0 Å². The van der Waals surface area contributed by atoms with Crippen LogP contribution in [-0.2, 0) is 12.8 Å². The number of fused-ring (bicyclic) bond motifs is 2. The first-order chi connectivity index (χ1) is 10.2. The molecule has 0 fully saturated rings. The smallest absolute Gasteiger partial charge is 0.166 e. The van der Waals surface area contributed by atoms with Crippen molar-refractivity contribution >= 4 is 0 Å². The molecule has 2 N–H and O–H groups in total. The van der Waals surface area contributed by atoms with Crippen LogP contribution in [0.5, 0.6) is 11.5 Å². The van der Waals surface area contributed by atoms with Gasteiger partial charge in [0.25, 0.3) is 0 Å². The average Bonchev–Trinajstić information content (AvgIpc) is 2.52. The molecule has 1 heterocycles. The van der Waals surface area contributed by atoms with Crippen molar-refractivity contribution < 1.29 is 14.7 Å². The van der Waals surface area contributed by atoms with Gasteiger partial charge in [0.05, 0.1) is 20.7 Å². The molecule has 0 bridgehead atoms. The van der Waals surface area contributed by atoms with Crippen LogP contribution >= 0.6 is 0 Å². The Hall–Kier alpha value is -2.00. The van der Waals surface area contributed by atoms with E-state index in [1.54, 1.807) is 7.11 Å². The molecule has 1 unspecified atom stereocenters. The van der Waals surface area contributed by atoms with Gasteiger partial charge in [0.15, 0.2) is 11.5 Å². The molecule has 2 aromatic carbocycles. The second-order valence-corrected chi connectivity index (χ2v) is 6.14. The minimum Gasteiger partial charge on any atom is -0.504 e. The topological polar surface area (TPSA) is 33.9 Å². The van der Waals surface area contributed by atoms with Crippen LogP contribution in [0.15, 0.2) is 30.3 Å². The predicted octanol–water partition coefficient (Wildman–Crippen LogP) is 1.74. The summed E-state index contributed by atoms with van der Waals surface area (Å²) in [5, 5.41) is 10.7. The van der Waals surface area contributed by atoms with Crippen LogP contribution in [0.1, 0.15) is 22.7 Å². The number of quaternary nitrogens is 1. The van der Waals surface area contributed by atoms with Gasteiger partial charge in [-0.1, -0.05) is 24.3 Å². The zero-order chi connectivity index (χ0) is 14.6. The Morgan fingerprint density at radius 3 is 2.86 bits per heavy atom. The number of hydrogen-bond donors (Lipinski definition) is 2. The summed E-state index contributed by atoms with van der Waals surface area (Å²) in [5.74, 6) is 0.891. The molecule has 108 valence electrons. The van der Waals surface area contributed by atoms with Crippen molar-refractivity contribution in [3.05, 3.63) is 47.0 Å². The Kier molecular flexibility index (Phi) is 2.73. The minimum atomic E-state index is 0.295. The van der Waals surface area contributed by atoms with E-state index in [1.807, 2.05) is 12.1 Å².